The van der Waals surface area contributed by atoms with E-state index >= 15 is 0 Å². The molecule has 0 radical (unpaired) electrons. The van der Waals surface area contributed by atoms with Crippen LogP contribution in [0.25, 0.3) is 0 Å². The van der Waals surface area contributed by atoms with Crippen LogP contribution in [0.1, 0.15) is 19.3 Å². The molecule has 126 valence electrons. The first kappa shape index (κ1) is 16.2. The van der Waals surface area contributed by atoms with Crippen LogP contribution < -0.4 is 9.47 Å². The van der Waals surface area contributed by atoms with Crippen LogP contribution in [0, 0.1) is 0 Å². The fourth-order valence-corrected chi connectivity index (χ4v) is 3.38. The van der Waals surface area contributed by atoms with Crippen LogP contribution >= 0.6 is 0 Å². The largest absolute Gasteiger partial charge is 0.477 e. The Balaban J connectivity index is 1.94. The average Bonchev–Trinajstić information content (AvgIpc) is 2.64. The molecule has 0 unspecified atom stereocenters. The Morgan fingerprint density at radius 3 is 2.83 bits per heavy atom. The van der Waals surface area contributed by atoms with Gasteiger partial charge >= 0.3 is 0 Å². The van der Waals surface area contributed by atoms with Gasteiger partial charge in [0, 0.05) is 31.9 Å². The monoisotopic (exact) mass is 342 g/mol. The zero-order valence-electron chi connectivity index (χ0n) is 12.5. The molecule has 9 heteroatoms. The number of aliphatic hydroxyl groups is 1. The predicted molar refractivity (Wildman–Crippen MR) is 80.5 cm³/mol. The first-order valence-electron chi connectivity index (χ1n) is 7.38. The molecule has 8 nitrogen and oxygen atoms in total. The Kier molecular flexibility index (Phi) is 4.51. The fourth-order valence-electron chi connectivity index (χ4n) is 2.39. The second-order valence-electron chi connectivity index (χ2n) is 5.37. The number of aliphatic hydroxyl groups excluding tert-OH is 1. The number of pyridine rings is 1. The van der Waals surface area contributed by atoms with Crippen molar-refractivity contribution in [2.45, 2.75) is 29.8 Å². The van der Waals surface area contributed by atoms with E-state index in [0.29, 0.717) is 32.5 Å². The summed E-state index contributed by atoms with van der Waals surface area (Å²) in [7, 11) is -3.85. The van der Waals surface area contributed by atoms with Gasteiger partial charge in [-0.25, -0.2) is 0 Å². The molecule has 1 aromatic heterocycles. The molecule has 1 N–H and O–H groups in total. The second kappa shape index (κ2) is 6.42. The molecule has 1 aromatic rings. The Labute approximate surface area is 134 Å². The van der Waals surface area contributed by atoms with Gasteiger partial charge in [-0.1, -0.05) is 0 Å². The first-order valence-corrected chi connectivity index (χ1v) is 8.82. The van der Waals surface area contributed by atoms with E-state index in [1.165, 1.54) is 18.3 Å². The minimum atomic E-state index is -3.85. The van der Waals surface area contributed by atoms with Crippen molar-refractivity contribution >= 4 is 16.2 Å². The molecular weight excluding hydrogens is 324 g/mol. The van der Waals surface area contributed by atoms with Gasteiger partial charge in [0.05, 0.1) is 26.0 Å². The number of fused-ring (bicyclic) bond motifs is 1. The highest BCUT2D eigenvalue weighted by atomic mass is 32.2. The van der Waals surface area contributed by atoms with Crippen molar-refractivity contribution in [2.24, 2.45) is 4.40 Å². The molecule has 3 rings (SSSR count). The minimum absolute atomic E-state index is 0.00672. The molecule has 0 atom stereocenters. The zero-order valence-corrected chi connectivity index (χ0v) is 13.3. The fraction of sp³-hybridized carbons (Fsp3) is 0.571. The van der Waals surface area contributed by atoms with Gasteiger partial charge in [0.25, 0.3) is 10.0 Å². The molecule has 1 spiro atoms. The maximum atomic E-state index is 12.3. The van der Waals surface area contributed by atoms with E-state index in [-0.39, 0.29) is 29.9 Å². The van der Waals surface area contributed by atoms with Gasteiger partial charge in [0.1, 0.15) is 0 Å². The van der Waals surface area contributed by atoms with Crippen molar-refractivity contribution in [2.75, 3.05) is 26.4 Å². The van der Waals surface area contributed by atoms with E-state index in [1.54, 1.807) is 0 Å². The SMILES string of the molecule is O=S1(=O)N=CC2(CCOCC2)Oc2nc(OCCCO)ccc21. The molecule has 0 aliphatic carbocycles. The number of rotatable bonds is 4. The second-order valence-corrected chi connectivity index (χ2v) is 6.97. The Hall–Kier alpha value is -1.71. The van der Waals surface area contributed by atoms with E-state index in [9.17, 15) is 8.42 Å². The molecule has 3 heterocycles. The summed E-state index contributed by atoms with van der Waals surface area (Å²) in [6.07, 6.45) is 2.81. The minimum Gasteiger partial charge on any atom is -0.477 e. The lowest BCUT2D eigenvalue weighted by Gasteiger charge is -2.32. The highest BCUT2D eigenvalue weighted by Gasteiger charge is 2.39. The number of aromatic nitrogens is 1. The Bertz CT molecular complexity index is 697. The number of ether oxygens (including phenoxy) is 3. The van der Waals surface area contributed by atoms with Crippen LogP contribution in [0.15, 0.2) is 21.4 Å². The van der Waals surface area contributed by atoms with Crippen molar-refractivity contribution in [1.29, 1.82) is 0 Å². The topological polar surface area (TPSA) is 107 Å². The molecule has 2 aliphatic rings. The quantitative estimate of drug-likeness (QED) is 0.796. The summed E-state index contributed by atoms with van der Waals surface area (Å²) in [6.45, 7) is 1.22. The lowest BCUT2D eigenvalue weighted by atomic mass is 9.96. The molecule has 1 saturated heterocycles. The maximum Gasteiger partial charge on any atom is 0.287 e. The summed E-state index contributed by atoms with van der Waals surface area (Å²) < 4.78 is 44.9. The van der Waals surface area contributed by atoms with Crippen molar-refractivity contribution < 1.29 is 27.7 Å². The Morgan fingerprint density at radius 2 is 2.09 bits per heavy atom. The number of hydrogen-bond donors (Lipinski definition) is 1. The van der Waals surface area contributed by atoms with Crippen molar-refractivity contribution in [3.8, 4) is 11.8 Å². The molecule has 0 aromatic carbocycles. The molecule has 23 heavy (non-hydrogen) atoms. The van der Waals surface area contributed by atoms with E-state index < -0.39 is 15.6 Å². The van der Waals surface area contributed by atoms with E-state index in [1.807, 2.05) is 0 Å². The van der Waals surface area contributed by atoms with Crippen LogP contribution in [0.5, 0.6) is 11.8 Å². The molecule has 0 amide bonds. The third kappa shape index (κ3) is 3.46. The average molecular weight is 342 g/mol. The Morgan fingerprint density at radius 1 is 1.30 bits per heavy atom. The normalized spacial score (nSPS) is 21.3. The zero-order chi connectivity index (χ0) is 16.3. The van der Waals surface area contributed by atoms with Crippen LogP contribution in [-0.4, -0.2) is 56.8 Å². The number of sulfonamides is 1. The van der Waals surface area contributed by atoms with E-state index in [2.05, 4.69) is 9.38 Å². The van der Waals surface area contributed by atoms with Gasteiger partial charge in [0.2, 0.25) is 11.8 Å². The molecule has 1 fully saturated rings. The van der Waals surface area contributed by atoms with Crippen LogP contribution in [0.2, 0.25) is 0 Å². The lowest BCUT2D eigenvalue weighted by Crippen LogP contribution is -2.43. The summed E-state index contributed by atoms with van der Waals surface area (Å²) in [5.74, 6) is 0.238. The van der Waals surface area contributed by atoms with Crippen molar-refractivity contribution in [3.63, 3.8) is 0 Å². The highest BCUT2D eigenvalue weighted by Crippen LogP contribution is 2.35. The molecule has 0 bridgehead atoms. The van der Waals surface area contributed by atoms with Crippen molar-refractivity contribution in [3.05, 3.63) is 12.1 Å². The van der Waals surface area contributed by atoms with Gasteiger partial charge in [-0.05, 0) is 6.07 Å². The third-order valence-corrected chi connectivity index (χ3v) is 4.95. The lowest BCUT2D eigenvalue weighted by molar-refractivity contribution is -0.00609. The van der Waals surface area contributed by atoms with Crippen LogP contribution in [0.3, 0.4) is 0 Å². The predicted octanol–water partition coefficient (Wildman–Crippen LogP) is 0.544. The van der Waals surface area contributed by atoms with Crippen LogP contribution in [-0.2, 0) is 14.8 Å². The summed E-state index contributed by atoms with van der Waals surface area (Å²) >= 11 is 0. The van der Waals surface area contributed by atoms with Gasteiger partial charge in [-0.15, -0.1) is 0 Å². The van der Waals surface area contributed by atoms with E-state index in [4.69, 9.17) is 19.3 Å². The summed E-state index contributed by atoms with van der Waals surface area (Å²) in [6, 6.07) is 2.83. The van der Waals surface area contributed by atoms with Crippen LogP contribution in [0.4, 0.5) is 0 Å². The number of hydrogen-bond acceptors (Lipinski definition) is 7. The third-order valence-electron chi connectivity index (χ3n) is 3.70. The molecule has 0 saturated carbocycles. The van der Waals surface area contributed by atoms with Crippen molar-refractivity contribution in [1.82, 2.24) is 4.98 Å². The standard InChI is InChI=1S/C14H18N2O6S/c17-6-1-7-21-12-3-2-11-13(16-12)22-14(4-8-20-9-5-14)10-15-23(11,18)19/h2-3,10,17H,1,4-9H2. The summed E-state index contributed by atoms with van der Waals surface area (Å²) in [5.41, 5.74) is -0.826. The maximum absolute atomic E-state index is 12.3. The van der Waals surface area contributed by atoms with Gasteiger partial charge in [-0.2, -0.15) is 17.8 Å². The number of nitrogens with zero attached hydrogens (tertiary/aromatic N) is 2. The smallest absolute Gasteiger partial charge is 0.287 e. The molecule has 2 aliphatic heterocycles. The molecular formula is C14H18N2O6S. The highest BCUT2D eigenvalue weighted by molar-refractivity contribution is 7.90. The van der Waals surface area contributed by atoms with E-state index in [0.717, 1.165) is 0 Å². The van der Waals surface area contributed by atoms with Gasteiger partial charge in [-0.3, -0.25) is 0 Å². The summed E-state index contributed by atoms with van der Waals surface area (Å²) in [5, 5.41) is 8.78. The first-order chi connectivity index (χ1) is 11.0. The summed E-state index contributed by atoms with van der Waals surface area (Å²) in [4.78, 5) is 4.09. The van der Waals surface area contributed by atoms with Gasteiger partial charge < -0.3 is 19.3 Å². The van der Waals surface area contributed by atoms with Gasteiger partial charge in [0.15, 0.2) is 10.5 Å².